The van der Waals surface area contributed by atoms with Gasteiger partial charge >= 0.3 is 6.18 Å². The summed E-state index contributed by atoms with van der Waals surface area (Å²) in [5.74, 6) is 0.360. The summed E-state index contributed by atoms with van der Waals surface area (Å²) in [4.78, 5) is 18.8. The van der Waals surface area contributed by atoms with Crippen LogP contribution in [0.1, 0.15) is 40.3 Å². The lowest BCUT2D eigenvalue weighted by Crippen LogP contribution is -2.37. The van der Waals surface area contributed by atoms with Crippen LogP contribution >= 0.6 is 0 Å². The van der Waals surface area contributed by atoms with Gasteiger partial charge in [-0.2, -0.15) is 13.2 Å². The van der Waals surface area contributed by atoms with Crippen LogP contribution in [0.4, 0.5) is 13.2 Å². The minimum absolute atomic E-state index is 0.00622. The van der Waals surface area contributed by atoms with Crippen molar-refractivity contribution in [2.75, 3.05) is 13.2 Å². The van der Waals surface area contributed by atoms with E-state index in [0.717, 1.165) is 18.9 Å². The van der Waals surface area contributed by atoms with Gasteiger partial charge < -0.3 is 18.6 Å². The van der Waals surface area contributed by atoms with Gasteiger partial charge in [0, 0.05) is 32.1 Å². The minimum Gasteiger partial charge on any atom is -0.459 e. The van der Waals surface area contributed by atoms with E-state index in [1.807, 2.05) is 0 Å². The molecule has 0 bridgehead atoms. The predicted octanol–water partition coefficient (Wildman–Crippen LogP) is 4.36. The van der Waals surface area contributed by atoms with Crippen LogP contribution < -0.4 is 0 Å². The highest BCUT2D eigenvalue weighted by Gasteiger charge is 2.33. The molecule has 164 valence electrons. The van der Waals surface area contributed by atoms with Crippen LogP contribution in [0, 0.1) is 0 Å². The Labute approximate surface area is 177 Å². The van der Waals surface area contributed by atoms with Crippen LogP contribution in [-0.4, -0.2) is 39.6 Å². The van der Waals surface area contributed by atoms with E-state index < -0.39 is 11.7 Å². The summed E-state index contributed by atoms with van der Waals surface area (Å²) in [6, 6.07) is 8.67. The highest BCUT2D eigenvalue weighted by atomic mass is 19.4. The van der Waals surface area contributed by atoms with Crippen molar-refractivity contribution >= 4 is 5.91 Å². The fourth-order valence-electron chi connectivity index (χ4n) is 3.73. The first-order valence-electron chi connectivity index (χ1n) is 10.0. The minimum atomic E-state index is -4.45. The number of hydrogen-bond acceptors (Lipinski definition) is 4. The van der Waals surface area contributed by atoms with Gasteiger partial charge in [0.25, 0.3) is 5.91 Å². The number of nitrogens with zero attached hydrogens (tertiary/aromatic N) is 3. The van der Waals surface area contributed by atoms with Crippen molar-refractivity contribution in [3.05, 3.63) is 77.8 Å². The van der Waals surface area contributed by atoms with Crippen LogP contribution in [-0.2, 0) is 24.0 Å². The molecule has 1 fully saturated rings. The average molecular weight is 433 g/mol. The molecular formula is C22H22F3N3O3. The largest absolute Gasteiger partial charge is 0.459 e. The summed E-state index contributed by atoms with van der Waals surface area (Å²) in [5, 5.41) is 0. The molecule has 1 atom stereocenters. The highest BCUT2D eigenvalue weighted by molar-refractivity contribution is 5.91. The Hall–Kier alpha value is -3.07. The molecule has 0 saturated carbocycles. The summed E-state index contributed by atoms with van der Waals surface area (Å²) in [5.41, 5.74) is -0.546. The van der Waals surface area contributed by atoms with Crippen LogP contribution in [0.3, 0.4) is 0 Å². The first-order valence-corrected chi connectivity index (χ1v) is 10.0. The normalized spacial score (nSPS) is 16.5. The van der Waals surface area contributed by atoms with Gasteiger partial charge in [0.05, 0.1) is 24.5 Å². The second-order valence-electron chi connectivity index (χ2n) is 7.42. The Balaban J connectivity index is 1.57. The molecule has 6 nitrogen and oxygen atoms in total. The van der Waals surface area contributed by atoms with Crippen molar-refractivity contribution in [1.82, 2.24) is 14.5 Å². The molecule has 4 rings (SSSR count). The third kappa shape index (κ3) is 4.99. The molecule has 0 N–H and O–H groups in total. The number of halogens is 3. The molecule has 1 aromatic carbocycles. The molecular weight excluding hydrogens is 411 g/mol. The Morgan fingerprint density at radius 2 is 2.06 bits per heavy atom. The number of imidazole rings is 1. The van der Waals surface area contributed by atoms with E-state index >= 15 is 0 Å². The summed E-state index contributed by atoms with van der Waals surface area (Å²) < 4.78 is 52.7. The number of amides is 1. The fourth-order valence-corrected chi connectivity index (χ4v) is 3.73. The summed E-state index contributed by atoms with van der Waals surface area (Å²) in [6.45, 7) is 1.12. The van der Waals surface area contributed by atoms with Crippen molar-refractivity contribution in [3.63, 3.8) is 0 Å². The molecule has 3 heterocycles. The van der Waals surface area contributed by atoms with E-state index in [0.29, 0.717) is 19.0 Å². The number of carbonyl (C=O) groups excluding carboxylic acids is 1. The lowest BCUT2D eigenvalue weighted by Gasteiger charge is -2.25. The molecule has 0 aliphatic carbocycles. The lowest BCUT2D eigenvalue weighted by molar-refractivity contribution is -0.138. The smallest absolute Gasteiger partial charge is 0.416 e. The SMILES string of the molecule is O=C(c1ccco1)N(Cc1nccn1Cc1ccccc1C(F)(F)F)CC1CCCO1. The van der Waals surface area contributed by atoms with Crippen molar-refractivity contribution in [3.8, 4) is 0 Å². The third-order valence-electron chi connectivity index (χ3n) is 5.26. The standard InChI is InChI=1S/C22H22F3N3O3/c23-22(24,25)18-7-2-1-5-16(18)13-27-10-9-26-20(27)15-28(14-17-6-3-11-30-17)21(29)19-8-4-12-31-19/h1-2,4-5,7-10,12,17H,3,6,11,13-15H2. The summed E-state index contributed by atoms with van der Waals surface area (Å²) in [7, 11) is 0. The first-order chi connectivity index (χ1) is 14.9. The molecule has 3 aromatic rings. The zero-order valence-corrected chi connectivity index (χ0v) is 16.7. The van der Waals surface area contributed by atoms with E-state index in [9.17, 15) is 18.0 Å². The van der Waals surface area contributed by atoms with Crippen LogP contribution in [0.5, 0.6) is 0 Å². The molecule has 0 spiro atoms. The third-order valence-corrected chi connectivity index (χ3v) is 5.26. The second-order valence-corrected chi connectivity index (χ2v) is 7.42. The van der Waals surface area contributed by atoms with Gasteiger partial charge in [-0.05, 0) is 36.6 Å². The van der Waals surface area contributed by atoms with Crippen LogP contribution in [0.15, 0.2) is 59.5 Å². The second kappa shape index (κ2) is 8.97. The number of rotatable bonds is 7. The van der Waals surface area contributed by atoms with Crippen molar-refractivity contribution in [1.29, 1.82) is 0 Å². The van der Waals surface area contributed by atoms with E-state index in [1.165, 1.54) is 24.6 Å². The van der Waals surface area contributed by atoms with Gasteiger partial charge in [0.1, 0.15) is 5.82 Å². The van der Waals surface area contributed by atoms with E-state index in [1.54, 1.807) is 33.9 Å². The number of aromatic nitrogens is 2. The Bertz CT molecular complexity index is 1010. The quantitative estimate of drug-likeness (QED) is 0.555. The number of carbonyl (C=O) groups is 1. The van der Waals surface area contributed by atoms with E-state index in [-0.39, 0.29) is 36.4 Å². The molecule has 2 aromatic heterocycles. The first kappa shape index (κ1) is 21.2. The Morgan fingerprint density at radius 3 is 2.77 bits per heavy atom. The monoisotopic (exact) mass is 433 g/mol. The molecule has 1 amide bonds. The van der Waals surface area contributed by atoms with Gasteiger partial charge in [-0.1, -0.05) is 18.2 Å². The number of benzene rings is 1. The summed E-state index contributed by atoms with van der Waals surface area (Å²) in [6.07, 6.45) is 1.79. The number of alkyl halides is 3. The number of hydrogen-bond donors (Lipinski definition) is 0. The van der Waals surface area contributed by atoms with Gasteiger partial charge in [-0.15, -0.1) is 0 Å². The van der Waals surface area contributed by atoms with Crippen LogP contribution in [0.25, 0.3) is 0 Å². The summed E-state index contributed by atoms with van der Waals surface area (Å²) >= 11 is 0. The number of ether oxygens (including phenoxy) is 1. The Morgan fingerprint density at radius 1 is 1.23 bits per heavy atom. The van der Waals surface area contributed by atoms with Gasteiger partial charge in [0.2, 0.25) is 0 Å². The van der Waals surface area contributed by atoms with Crippen molar-refractivity contribution in [2.45, 2.75) is 38.2 Å². The fraction of sp³-hybridized carbons (Fsp3) is 0.364. The molecule has 31 heavy (non-hydrogen) atoms. The van der Waals surface area contributed by atoms with Gasteiger partial charge in [-0.25, -0.2) is 4.98 Å². The molecule has 1 aliphatic rings. The topological polar surface area (TPSA) is 60.5 Å². The highest BCUT2D eigenvalue weighted by Crippen LogP contribution is 2.32. The molecule has 1 saturated heterocycles. The van der Waals surface area contributed by atoms with Gasteiger partial charge in [0.15, 0.2) is 5.76 Å². The maximum atomic E-state index is 13.4. The maximum Gasteiger partial charge on any atom is 0.416 e. The number of furan rings is 1. The van der Waals surface area contributed by atoms with Crippen LogP contribution in [0.2, 0.25) is 0 Å². The molecule has 1 aliphatic heterocycles. The molecule has 1 unspecified atom stereocenters. The molecule has 0 radical (unpaired) electrons. The van der Waals surface area contributed by atoms with Gasteiger partial charge in [-0.3, -0.25) is 4.79 Å². The zero-order chi connectivity index (χ0) is 21.8. The van der Waals surface area contributed by atoms with E-state index in [2.05, 4.69) is 4.98 Å². The maximum absolute atomic E-state index is 13.4. The lowest BCUT2D eigenvalue weighted by atomic mass is 10.1. The Kier molecular flexibility index (Phi) is 6.13. The van der Waals surface area contributed by atoms with Crippen molar-refractivity contribution < 1.29 is 27.1 Å². The zero-order valence-electron chi connectivity index (χ0n) is 16.7. The predicted molar refractivity (Wildman–Crippen MR) is 105 cm³/mol. The average Bonchev–Trinajstić information content (AvgIpc) is 3.51. The molecule has 9 heteroatoms. The van der Waals surface area contributed by atoms with E-state index in [4.69, 9.17) is 9.15 Å². The van der Waals surface area contributed by atoms with Crippen molar-refractivity contribution in [2.24, 2.45) is 0 Å².